The van der Waals surface area contributed by atoms with Gasteiger partial charge in [0.2, 0.25) is 0 Å². The fraction of sp³-hybridized carbons (Fsp3) is 0. The van der Waals surface area contributed by atoms with Crippen molar-refractivity contribution in [3.63, 3.8) is 0 Å². The van der Waals surface area contributed by atoms with E-state index in [9.17, 15) is 4.57 Å². The van der Waals surface area contributed by atoms with E-state index < -0.39 is 12.9 Å². The Kier molecular flexibility index (Phi) is 3.63. The predicted molar refractivity (Wildman–Crippen MR) is 41.0 cm³/mol. The van der Waals surface area contributed by atoms with Gasteiger partial charge in [0.1, 0.15) is 0 Å². The minimum Gasteiger partial charge on any atom is -0.321 e. The summed E-state index contributed by atoms with van der Waals surface area (Å²) in [5.74, 6) is 0. The van der Waals surface area contributed by atoms with Gasteiger partial charge >= 0.3 is 7.60 Å². The molecule has 0 radical (unpaired) electrons. The maximum Gasteiger partial charge on any atom is 0.357 e. The third-order valence-corrected chi connectivity index (χ3v) is 2.47. The highest BCUT2D eigenvalue weighted by Gasteiger charge is 2.20. The lowest BCUT2D eigenvalue weighted by Crippen LogP contribution is -1.82. The van der Waals surface area contributed by atoms with E-state index in [0.717, 1.165) is 5.54 Å². The van der Waals surface area contributed by atoms with E-state index in [4.69, 9.17) is 33.0 Å². The van der Waals surface area contributed by atoms with Gasteiger partial charge < -0.3 is 9.79 Å². The molecule has 0 spiro atoms. The standard InChI is InChI=1S/C4H5Cl2O3P/c1-3(4(6)2-5)10(7,8)9/h2H,1H2,(H2,7,8,9). The van der Waals surface area contributed by atoms with Gasteiger partial charge in [0.25, 0.3) is 0 Å². The van der Waals surface area contributed by atoms with E-state index >= 15 is 0 Å². The molecule has 0 saturated carbocycles. The predicted octanol–water partition coefficient (Wildman–Crippen LogP) is 2.00. The summed E-state index contributed by atoms with van der Waals surface area (Å²) in [4.78, 5) is 16.8. The van der Waals surface area contributed by atoms with Crippen LogP contribution in [0.1, 0.15) is 0 Å². The number of halogens is 2. The van der Waals surface area contributed by atoms with Crippen molar-refractivity contribution in [2.24, 2.45) is 0 Å². The lowest BCUT2D eigenvalue weighted by atomic mass is 10.6. The van der Waals surface area contributed by atoms with Crippen molar-refractivity contribution in [3.8, 4) is 0 Å². The molecular formula is C4H5Cl2O3P. The molecule has 0 aromatic rings. The van der Waals surface area contributed by atoms with Gasteiger partial charge in [-0.2, -0.15) is 0 Å². The van der Waals surface area contributed by atoms with Crippen LogP contribution in [0.3, 0.4) is 0 Å². The Balaban J connectivity index is 4.56. The van der Waals surface area contributed by atoms with Crippen LogP contribution < -0.4 is 0 Å². The number of allylic oxidation sites excluding steroid dienone is 2. The molecule has 0 unspecified atom stereocenters. The summed E-state index contributed by atoms with van der Waals surface area (Å²) in [5.41, 5.74) is 0.850. The molecule has 0 aromatic carbocycles. The third kappa shape index (κ3) is 2.86. The highest BCUT2D eigenvalue weighted by atomic mass is 35.5. The van der Waals surface area contributed by atoms with Gasteiger partial charge in [-0.25, -0.2) is 0 Å². The molecule has 0 aliphatic carbocycles. The second-order valence-corrected chi connectivity index (χ2v) is 3.70. The first-order valence-electron chi connectivity index (χ1n) is 2.11. The molecule has 0 amide bonds. The van der Waals surface area contributed by atoms with Crippen LogP contribution in [-0.4, -0.2) is 9.79 Å². The summed E-state index contributed by atoms with van der Waals surface area (Å²) in [6.45, 7) is 3.05. The van der Waals surface area contributed by atoms with Crippen molar-refractivity contribution in [2.75, 3.05) is 0 Å². The van der Waals surface area contributed by atoms with Crippen molar-refractivity contribution in [3.05, 3.63) is 22.5 Å². The summed E-state index contributed by atoms with van der Waals surface area (Å²) in [6, 6.07) is 0. The van der Waals surface area contributed by atoms with E-state index in [1.165, 1.54) is 0 Å². The average molecular weight is 203 g/mol. The summed E-state index contributed by atoms with van der Waals surface area (Å²) in [7, 11) is -4.31. The molecule has 0 fully saturated rings. The van der Waals surface area contributed by atoms with E-state index in [2.05, 4.69) is 6.58 Å². The molecule has 6 heteroatoms. The zero-order chi connectivity index (χ0) is 8.36. The Bertz CT molecular complexity index is 217. The highest BCUT2D eigenvalue weighted by molar-refractivity contribution is 7.57. The van der Waals surface area contributed by atoms with Crippen molar-refractivity contribution < 1.29 is 14.4 Å². The average Bonchev–Trinajstić information content (AvgIpc) is 1.83. The number of rotatable bonds is 2. The first kappa shape index (κ1) is 10.2. The molecule has 3 nitrogen and oxygen atoms in total. The Labute approximate surface area is 68.1 Å². The van der Waals surface area contributed by atoms with Gasteiger partial charge in [-0.3, -0.25) is 4.57 Å². The molecule has 0 bridgehead atoms. The minimum absolute atomic E-state index is 0.227. The summed E-state index contributed by atoms with van der Waals surface area (Å²) < 4.78 is 10.3. The minimum atomic E-state index is -4.31. The van der Waals surface area contributed by atoms with Crippen LogP contribution in [0.2, 0.25) is 0 Å². The van der Waals surface area contributed by atoms with Crippen LogP contribution in [0, 0.1) is 0 Å². The Hall–Kier alpha value is 0.210. The van der Waals surface area contributed by atoms with Crippen LogP contribution >= 0.6 is 30.8 Å². The van der Waals surface area contributed by atoms with Gasteiger partial charge in [0.15, 0.2) is 0 Å². The fourth-order valence-corrected chi connectivity index (χ4v) is 1.08. The third-order valence-electron chi connectivity index (χ3n) is 0.723. The first-order chi connectivity index (χ1) is 4.39. The summed E-state index contributed by atoms with van der Waals surface area (Å²) >= 11 is 10.3. The largest absolute Gasteiger partial charge is 0.357 e. The second-order valence-electron chi connectivity index (χ2n) is 1.45. The highest BCUT2D eigenvalue weighted by Crippen LogP contribution is 2.48. The van der Waals surface area contributed by atoms with Crippen LogP contribution in [0.15, 0.2) is 22.5 Å². The fourth-order valence-electron chi connectivity index (χ4n) is 0.202. The quantitative estimate of drug-likeness (QED) is 0.532. The molecule has 0 aliphatic heterocycles. The summed E-state index contributed by atoms with van der Waals surface area (Å²) in [5, 5.41) is -0.695. The molecule has 2 N–H and O–H groups in total. The smallest absolute Gasteiger partial charge is 0.321 e. The SMILES string of the molecule is C=C(C(Cl)=CCl)P(=O)(O)O. The normalized spacial score (nSPS) is 13.4. The van der Waals surface area contributed by atoms with Crippen molar-refractivity contribution >= 4 is 30.8 Å². The molecule has 0 saturated heterocycles. The molecule has 10 heavy (non-hydrogen) atoms. The van der Waals surface area contributed by atoms with Gasteiger partial charge in [0, 0.05) is 5.54 Å². The van der Waals surface area contributed by atoms with Crippen LogP contribution in [0.25, 0.3) is 0 Å². The molecule has 0 heterocycles. The zero-order valence-corrected chi connectivity index (χ0v) is 7.20. The molecule has 0 aromatic heterocycles. The van der Waals surface area contributed by atoms with Gasteiger partial charge in [-0.15, -0.1) is 0 Å². The lowest BCUT2D eigenvalue weighted by molar-refractivity contribution is 0.383. The van der Waals surface area contributed by atoms with Crippen molar-refractivity contribution in [1.29, 1.82) is 0 Å². The molecular weight excluding hydrogens is 198 g/mol. The molecule has 0 atom stereocenters. The topological polar surface area (TPSA) is 57.5 Å². The van der Waals surface area contributed by atoms with Gasteiger partial charge in [-0.05, 0) is 0 Å². The summed E-state index contributed by atoms with van der Waals surface area (Å²) in [6.07, 6.45) is 0. The van der Waals surface area contributed by atoms with Crippen LogP contribution in [-0.2, 0) is 4.57 Å². The monoisotopic (exact) mass is 202 g/mol. The van der Waals surface area contributed by atoms with Crippen molar-refractivity contribution in [1.82, 2.24) is 0 Å². The molecule has 0 aliphatic rings. The molecule has 58 valence electrons. The van der Waals surface area contributed by atoms with E-state index in [1.54, 1.807) is 0 Å². The molecule has 0 rings (SSSR count). The van der Waals surface area contributed by atoms with E-state index in [0.29, 0.717) is 0 Å². The lowest BCUT2D eigenvalue weighted by Gasteiger charge is -2.03. The van der Waals surface area contributed by atoms with Crippen LogP contribution in [0.5, 0.6) is 0 Å². The van der Waals surface area contributed by atoms with Crippen molar-refractivity contribution in [2.45, 2.75) is 0 Å². The first-order valence-corrected chi connectivity index (χ1v) is 4.53. The number of hydrogen-bond donors (Lipinski definition) is 2. The Morgan fingerprint density at radius 2 is 2.00 bits per heavy atom. The second kappa shape index (κ2) is 3.56. The maximum absolute atomic E-state index is 10.3. The van der Waals surface area contributed by atoms with Gasteiger partial charge in [-0.1, -0.05) is 29.8 Å². The maximum atomic E-state index is 10.3. The van der Waals surface area contributed by atoms with E-state index in [1.807, 2.05) is 0 Å². The number of hydrogen-bond acceptors (Lipinski definition) is 1. The van der Waals surface area contributed by atoms with Gasteiger partial charge in [0.05, 0.1) is 10.3 Å². The zero-order valence-electron chi connectivity index (χ0n) is 4.79. The Morgan fingerprint density at radius 1 is 1.60 bits per heavy atom. The van der Waals surface area contributed by atoms with Crippen LogP contribution in [0.4, 0.5) is 0 Å². The Morgan fingerprint density at radius 3 is 2.10 bits per heavy atom. The van der Waals surface area contributed by atoms with E-state index in [-0.39, 0.29) is 5.03 Å².